The van der Waals surface area contributed by atoms with Gasteiger partial charge in [0.15, 0.2) is 0 Å². The molecule has 1 nitrogen and oxygen atoms in total. The van der Waals surface area contributed by atoms with Gasteiger partial charge in [-0.15, -0.1) is 0 Å². The maximum absolute atomic E-state index is 6.55. The monoisotopic (exact) mass is 710 g/mol. The first-order valence-corrected chi connectivity index (χ1v) is 19.4. The molecule has 1 heteroatoms. The number of rotatable bonds is 4. The highest BCUT2D eigenvalue weighted by Crippen LogP contribution is 2.57. The first kappa shape index (κ1) is 31.2. The molecule has 0 N–H and O–H groups in total. The minimum atomic E-state index is -0.475. The van der Waals surface area contributed by atoms with E-state index < -0.39 is 5.41 Å². The molecule has 0 fully saturated rings. The summed E-state index contributed by atoms with van der Waals surface area (Å²) in [5.74, 6) is 0. The van der Waals surface area contributed by atoms with E-state index in [2.05, 4.69) is 206 Å². The Morgan fingerprint density at radius 3 is 1.46 bits per heavy atom. The standard InChI is InChI=1S/C55H34O/c1-3-17-36(18-4-1)55(37-19-5-2-6-20-37)49-29-15-13-22-39(49)40-32-31-35(33-50(40)55)52-42-24-8-10-26-44(42)53(45-27-11-9-25-43(45)52)47-34-48-41-23-14-16-30-51(41)56-54(48)46-28-12-7-21-38(46)47/h1-34H. The van der Waals surface area contributed by atoms with Crippen LogP contribution >= 0.6 is 0 Å². The topological polar surface area (TPSA) is 13.1 Å². The second kappa shape index (κ2) is 11.9. The van der Waals surface area contributed by atoms with E-state index in [0.29, 0.717) is 0 Å². The highest BCUT2D eigenvalue weighted by atomic mass is 16.3. The van der Waals surface area contributed by atoms with Crippen molar-refractivity contribution in [1.29, 1.82) is 0 Å². The number of fused-ring (bicyclic) bond motifs is 10. The summed E-state index contributed by atoms with van der Waals surface area (Å²) < 4.78 is 6.55. The van der Waals surface area contributed by atoms with Crippen LogP contribution in [0.3, 0.4) is 0 Å². The van der Waals surface area contributed by atoms with Crippen molar-refractivity contribution in [3.8, 4) is 33.4 Å². The highest BCUT2D eigenvalue weighted by molar-refractivity contribution is 6.27. The van der Waals surface area contributed by atoms with Crippen LogP contribution in [0.5, 0.6) is 0 Å². The van der Waals surface area contributed by atoms with Crippen molar-refractivity contribution in [2.45, 2.75) is 5.41 Å². The van der Waals surface area contributed by atoms with Gasteiger partial charge in [-0.25, -0.2) is 0 Å². The van der Waals surface area contributed by atoms with Crippen molar-refractivity contribution in [3.05, 3.63) is 229 Å². The Morgan fingerprint density at radius 2 is 0.804 bits per heavy atom. The van der Waals surface area contributed by atoms with Crippen molar-refractivity contribution >= 4 is 54.3 Å². The summed E-state index contributed by atoms with van der Waals surface area (Å²) in [5.41, 5.74) is 14.1. The normalized spacial score (nSPS) is 13.1. The van der Waals surface area contributed by atoms with Gasteiger partial charge in [0, 0.05) is 16.2 Å². The maximum atomic E-state index is 6.55. The third-order valence-electron chi connectivity index (χ3n) is 12.3. The maximum Gasteiger partial charge on any atom is 0.143 e. The molecule has 0 saturated carbocycles. The summed E-state index contributed by atoms with van der Waals surface area (Å²) in [6, 6.07) is 75.9. The van der Waals surface area contributed by atoms with Crippen LogP contribution in [0.15, 0.2) is 211 Å². The van der Waals surface area contributed by atoms with E-state index in [-0.39, 0.29) is 0 Å². The molecule has 1 aliphatic carbocycles. The summed E-state index contributed by atoms with van der Waals surface area (Å²) in [6.07, 6.45) is 0. The average Bonchev–Trinajstić information content (AvgIpc) is 3.80. The Morgan fingerprint density at radius 1 is 0.304 bits per heavy atom. The molecule has 56 heavy (non-hydrogen) atoms. The predicted molar refractivity (Wildman–Crippen MR) is 234 cm³/mol. The van der Waals surface area contributed by atoms with E-state index in [1.54, 1.807) is 0 Å². The lowest BCUT2D eigenvalue weighted by Crippen LogP contribution is -2.28. The summed E-state index contributed by atoms with van der Waals surface area (Å²) in [7, 11) is 0. The molecule has 0 atom stereocenters. The Bertz CT molecular complexity index is 3250. The summed E-state index contributed by atoms with van der Waals surface area (Å²) in [6.45, 7) is 0. The molecule has 11 aromatic rings. The van der Waals surface area contributed by atoms with Crippen LogP contribution in [0.4, 0.5) is 0 Å². The molecule has 12 rings (SSSR count). The molecule has 0 spiro atoms. The first-order valence-electron chi connectivity index (χ1n) is 19.4. The van der Waals surface area contributed by atoms with Gasteiger partial charge >= 0.3 is 0 Å². The van der Waals surface area contributed by atoms with E-state index >= 15 is 0 Å². The van der Waals surface area contributed by atoms with Crippen LogP contribution in [0.1, 0.15) is 22.3 Å². The number of hydrogen-bond acceptors (Lipinski definition) is 1. The summed E-state index contributed by atoms with van der Waals surface area (Å²) >= 11 is 0. The largest absolute Gasteiger partial charge is 0.455 e. The molecule has 1 aromatic heterocycles. The zero-order valence-electron chi connectivity index (χ0n) is 30.5. The lowest BCUT2D eigenvalue weighted by atomic mass is 9.67. The molecule has 0 bridgehead atoms. The molecule has 1 aliphatic rings. The molecule has 260 valence electrons. The van der Waals surface area contributed by atoms with Gasteiger partial charge in [0.05, 0.1) is 5.41 Å². The van der Waals surface area contributed by atoms with E-state index in [0.717, 1.165) is 27.3 Å². The molecule has 0 radical (unpaired) electrons. The third kappa shape index (κ3) is 4.20. The van der Waals surface area contributed by atoms with Crippen LogP contribution in [0.25, 0.3) is 87.6 Å². The number of para-hydroxylation sites is 1. The summed E-state index contributed by atoms with van der Waals surface area (Å²) in [4.78, 5) is 0. The van der Waals surface area contributed by atoms with Crippen LogP contribution in [-0.4, -0.2) is 0 Å². The van der Waals surface area contributed by atoms with Crippen molar-refractivity contribution in [1.82, 2.24) is 0 Å². The van der Waals surface area contributed by atoms with Gasteiger partial charge < -0.3 is 4.42 Å². The summed E-state index contributed by atoms with van der Waals surface area (Å²) in [5, 5.41) is 9.55. The van der Waals surface area contributed by atoms with Crippen molar-refractivity contribution < 1.29 is 4.42 Å². The number of furan rings is 1. The predicted octanol–water partition coefficient (Wildman–Crippen LogP) is 14.7. The van der Waals surface area contributed by atoms with E-state index in [1.807, 2.05) is 0 Å². The van der Waals surface area contributed by atoms with E-state index in [4.69, 9.17) is 4.42 Å². The third-order valence-corrected chi connectivity index (χ3v) is 12.3. The second-order valence-corrected chi connectivity index (χ2v) is 15.1. The zero-order valence-corrected chi connectivity index (χ0v) is 30.5. The molecule has 0 amide bonds. The lowest BCUT2D eigenvalue weighted by Gasteiger charge is -2.34. The molecule has 0 aliphatic heterocycles. The lowest BCUT2D eigenvalue weighted by molar-refractivity contribution is 0.672. The Hall–Kier alpha value is -7.22. The van der Waals surface area contributed by atoms with Crippen LogP contribution in [-0.2, 0) is 5.41 Å². The number of benzene rings is 10. The second-order valence-electron chi connectivity index (χ2n) is 15.1. The van der Waals surface area contributed by atoms with Gasteiger partial charge in [-0.3, -0.25) is 0 Å². The smallest absolute Gasteiger partial charge is 0.143 e. The van der Waals surface area contributed by atoms with Gasteiger partial charge in [-0.1, -0.05) is 188 Å². The SMILES string of the molecule is c1ccc(C2(c3ccccc3)c3ccccc3-c3ccc(-c4c5ccccc5c(-c5cc6c7ccccc7oc6c6ccccc56)c5ccccc45)cc32)cc1. The van der Waals surface area contributed by atoms with E-state index in [9.17, 15) is 0 Å². The van der Waals surface area contributed by atoms with Crippen LogP contribution < -0.4 is 0 Å². The fourth-order valence-electron chi connectivity index (χ4n) is 10.1. The molecular weight excluding hydrogens is 677 g/mol. The Kier molecular flexibility index (Phi) is 6.62. The van der Waals surface area contributed by atoms with E-state index in [1.165, 1.54) is 82.6 Å². The highest BCUT2D eigenvalue weighted by Gasteiger charge is 2.46. The minimum absolute atomic E-state index is 0.475. The quantitative estimate of drug-likeness (QED) is 0.166. The Balaban J connectivity index is 1.19. The van der Waals surface area contributed by atoms with Crippen molar-refractivity contribution in [2.75, 3.05) is 0 Å². The van der Waals surface area contributed by atoms with Crippen LogP contribution in [0, 0.1) is 0 Å². The number of hydrogen-bond donors (Lipinski definition) is 0. The minimum Gasteiger partial charge on any atom is -0.455 e. The van der Waals surface area contributed by atoms with Crippen LogP contribution in [0.2, 0.25) is 0 Å². The first-order chi connectivity index (χ1) is 27.8. The fourth-order valence-corrected chi connectivity index (χ4v) is 10.1. The van der Waals surface area contributed by atoms with Gasteiger partial charge in [0.25, 0.3) is 0 Å². The molecule has 1 heterocycles. The molecule has 10 aromatic carbocycles. The molecular formula is C55H34O. The fraction of sp³-hybridized carbons (Fsp3) is 0.0182. The van der Waals surface area contributed by atoms with Gasteiger partial charge in [-0.05, 0) is 101 Å². The van der Waals surface area contributed by atoms with Gasteiger partial charge in [0.2, 0.25) is 0 Å². The Labute approximate surface area is 324 Å². The zero-order chi connectivity index (χ0) is 36.8. The molecule has 0 unspecified atom stereocenters. The van der Waals surface area contributed by atoms with Crippen molar-refractivity contribution in [2.24, 2.45) is 0 Å². The van der Waals surface area contributed by atoms with Crippen molar-refractivity contribution in [3.63, 3.8) is 0 Å². The van der Waals surface area contributed by atoms with Gasteiger partial charge in [0.1, 0.15) is 11.2 Å². The molecule has 0 saturated heterocycles. The average molecular weight is 711 g/mol. The van der Waals surface area contributed by atoms with Gasteiger partial charge in [-0.2, -0.15) is 0 Å².